The van der Waals surface area contributed by atoms with Crippen molar-refractivity contribution in [3.8, 4) is 0 Å². The monoisotopic (exact) mass is 294 g/mol. The molecule has 1 fully saturated rings. The molecule has 7 heteroatoms. The van der Waals surface area contributed by atoms with Crippen LogP contribution in [0.3, 0.4) is 0 Å². The molecule has 0 saturated carbocycles. The standard InChI is InChI=1S/C11H22N2O3S2/c1-3-12-6-5-10(14)13-7-8-17-9-11(13)18(15,16)4-2/h11-12H,3-9H2,1-2H3. The smallest absolute Gasteiger partial charge is 0.224 e. The molecule has 1 unspecified atom stereocenters. The maximum atomic E-state index is 12.1. The van der Waals surface area contributed by atoms with Crippen molar-refractivity contribution in [1.29, 1.82) is 0 Å². The average Bonchev–Trinajstić information content (AvgIpc) is 2.39. The molecule has 0 aromatic rings. The van der Waals surface area contributed by atoms with E-state index in [4.69, 9.17) is 0 Å². The summed E-state index contributed by atoms with van der Waals surface area (Å²) >= 11 is 1.61. The molecule has 1 aliphatic rings. The molecule has 5 nitrogen and oxygen atoms in total. The number of carbonyl (C=O) groups excluding carboxylic acids is 1. The molecular weight excluding hydrogens is 272 g/mol. The lowest BCUT2D eigenvalue weighted by Crippen LogP contribution is -2.51. The Morgan fingerprint density at radius 3 is 2.78 bits per heavy atom. The van der Waals surface area contributed by atoms with E-state index < -0.39 is 15.2 Å². The van der Waals surface area contributed by atoms with Gasteiger partial charge in [-0.25, -0.2) is 8.42 Å². The number of sulfone groups is 1. The lowest BCUT2D eigenvalue weighted by atomic mass is 10.3. The molecule has 1 N–H and O–H groups in total. The summed E-state index contributed by atoms with van der Waals surface area (Å²) in [6.45, 7) is 5.58. The minimum atomic E-state index is -3.18. The number of rotatable bonds is 6. The van der Waals surface area contributed by atoms with Crippen LogP contribution < -0.4 is 5.32 Å². The number of amides is 1. The second kappa shape index (κ2) is 7.35. The number of nitrogens with one attached hydrogen (secondary N) is 1. The van der Waals surface area contributed by atoms with Gasteiger partial charge in [0.25, 0.3) is 0 Å². The summed E-state index contributed by atoms with van der Waals surface area (Å²) in [5.74, 6) is 1.36. The summed E-state index contributed by atoms with van der Waals surface area (Å²) in [7, 11) is -3.18. The SMILES string of the molecule is CCNCCC(=O)N1CCSCC1S(=O)(=O)CC. The summed E-state index contributed by atoms with van der Waals surface area (Å²) in [6.07, 6.45) is 0.369. The molecule has 0 aromatic carbocycles. The predicted octanol–water partition coefficient (Wildman–Crippen LogP) is 0.322. The van der Waals surface area contributed by atoms with E-state index in [-0.39, 0.29) is 11.7 Å². The van der Waals surface area contributed by atoms with Gasteiger partial charge >= 0.3 is 0 Å². The van der Waals surface area contributed by atoms with Crippen molar-refractivity contribution in [3.63, 3.8) is 0 Å². The van der Waals surface area contributed by atoms with E-state index in [2.05, 4.69) is 5.32 Å². The van der Waals surface area contributed by atoms with Crippen LogP contribution >= 0.6 is 11.8 Å². The highest BCUT2D eigenvalue weighted by molar-refractivity contribution is 8.01. The summed E-state index contributed by atoms with van der Waals surface area (Å²) in [5, 5.41) is 2.45. The highest BCUT2D eigenvalue weighted by Crippen LogP contribution is 2.22. The number of hydrogen-bond acceptors (Lipinski definition) is 5. The van der Waals surface area contributed by atoms with Crippen LogP contribution in [-0.2, 0) is 14.6 Å². The van der Waals surface area contributed by atoms with Gasteiger partial charge in [0.15, 0.2) is 9.84 Å². The number of nitrogens with zero attached hydrogens (tertiary/aromatic N) is 1. The Labute approximate surface area is 114 Å². The van der Waals surface area contributed by atoms with E-state index in [0.717, 1.165) is 12.3 Å². The summed E-state index contributed by atoms with van der Waals surface area (Å²) in [4.78, 5) is 13.6. The summed E-state index contributed by atoms with van der Waals surface area (Å²) < 4.78 is 24.0. The van der Waals surface area contributed by atoms with E-state index in [9.17, 15) is 13.2 Å². The Bertz CT molecular complexity index is 370. The highest BCUT2D eigenvalue weighted by atomic mass is 32.2. The van der Waals surface area contributed by atoms with Gasteiger partial charge in [-0.3, -0.25) is 4.79 Å². The minimum absolute atomic E-state index is 0.0572. The van der Waals surface area contributed by atoms with E-state index in [1.807, 2.05) is 6.92 Å². The molecule has 1 amide bonds. The van der Waals surface area contributed by atoms with Crippen molar-refractivity contribution in [1.82, 2.24) is 10.2 Å². The van der Waals surface area contributed by atoms with Crippen molar-refractivity contribution >= 4 is 27.5 Å². The zero-order valence-corrected chi connectivity index (χ0v) is 12.6. The van der Waals surface area contributed by atoms with Gasteiger partial charge in [0, 0.05) is 36.8 Å². The average molecular weight is 294 g/mol. The summed E-state index contributed by atoms with van der Waals surface area (Å²) in [5.41, 5.74) is 0. The van der Waals surface area contributed by atoms with Gasteiger partial charge in [0.05, 0.1) is 0 Å². The molecule has 0 radical (unpaired) electrons. The molecular formula is C11H22N2O3S2. The molecule has 0 aliphatic carbocycles. The third-order valence-corrected chi connectivity index (χ3v) is 6.28. The van der Waals surface area contributed by atoms with Crippen LogP contribution in [0.2, 0.25) is 0 Å². The molecule has 18 heavy (non-hydrogen) atoms. The zero-order chi connectivity index (χ0) is 13.6. The highest BCUT2D eigenvalue weighted by Gasteiger charge is 2.35. The maximum Gasteiger partial charge on any atom is 0.224 e. The molecule has 1 saturated heterocycles. The van der Waals surface area contributed by atoms with Crippen molar-refractivity contribution in [2.45, 2.75) is 25.6 Å². The molecule has 1 atom stereocenters. The van der Waals surface area contributed by atoms with Crippen molar-refractivity contribution < 1.29 is 13.2 Å². The fourth-order valence-corrected chi connectivity index (χ4v) is 4.86. The largest absolute Gasteiger partial charge is 0.324 e. The third-order valence-electron chi connectivity index (χ3n) is 2.99. The van der Waals surface area contributed by atoms with E-state index >= 15 is 0 Å². The minimum Gasteiger partial charge on any atom is -0.324 e. The molecule has 0 bridgehead atoms. The van der Waals surface area contributed by atoms with Gasteiger partial charge in [-0.1, -0.05) is 13.8 Å². The van der Waals surface area contributed by atoms with E-state index in [0.29, 0.717) is 25.3 Å². The number of hydrogen-bond donors (Lipinski definition) is 1. The van der Waals surface area contributed by atoms with Gasteiger partial charge in [0.2, 0.25) is 5.91 Å². The molecule has 0 spiro atoms. The maximum absolute atomic E-state index is 12.1. The summed E-state index contributed by atoms with van der Waals surface area (Å²) in [6, 6.07) is 0. The number of thioether (sulfide) groups is 1. The van der Waals surface area contributed by atoms with E-state index in [1.165, 1.54) is 0 Å². The Kier molecular flexibility index (Phi) is 6.45. The topological polar surface area (TPSA) is 66.5 Å². The van der Waals surface area contributed by atoms with Gasteiger partial charge in [-0.2, -0.15) is 11.8 Å². The van der Waals surface area contributed by atoms with Crippen molar-refractivity contribution in [3.05, 3.63) is 0 Å². The molecule has 1 aliphatic heterocycles. The van der Waals surface area contributed by atoms with Crippen LogP contribution in [0, 0.1) is 0 Å². The Hall–Kier alpha value is -0.270. The molecule has 0 aromatic heterocycles. The Morgan fingerprint density at radius 1 is 1.44 bits per heavy atom. The lowest BCUT2D eigenvalue weighted by Gasteiger charge is -2.34. The first-order valence-electron chi connectivity index (χ1n) is 6.32. The van der Waals surface area contributed by atoms with E-state index in [1.54, 1.807) is 23.6 Å². The molecule has 1 rings (SSSR count). The fraction of sp³-hybridized carbons (Fsp3) is 0.909. The van der Waals surface area contributed by atoms with Crippen molar-refractivity contribution in [2.24, 2.45) is 0 Å². The quantitative estimate of drug-likeness (QED) is 0.715. The predicted molar refractivity (Wildman–Crippen MR) is 75.4 cm³/mol. The van der Waals surface area contributed by atoms with Crippen LogP contribution in [-0.4, -0.2) is 61.5 Å². The second-order valence-corrected chi connectivity index (χ2v) is 7.77. The third kappa shape index (κ3) is 4.13. The number of carbonyl (C=O) groups is 1. The van der Waals surface area contributed by atoms with Crippen molar-refractivity contribution in [2.75, 3.05) is 36.9 Å². The van der Waals surface area contributed by atoms with Crippen LogP contribution in [0.15, 0.2) is 0 Å². The second-order valence-electron chi connectivity index (χ2n) is 4.17. The van der Waals surface area contributed by atoms with Crippen LogP contribution in [0.4, 0.5) is 0 Å². The first kappa shape index (κ1) is 15.8. The first-order valence-corrected chi connectivity index (χ1v) is 9.19. The Balaban J connectivity index is 2.67. The molecule has 106 valence electrons. The van der Waals surface area contributed by atoms with Crippen LogP contribution in [0.1, 0.15) is 20.3 Å². The first-order chi connectivity index (χ1) is 8.53. The molecule has 1 heterocycles. The normalized spacial score (nSPS) is 21.0. The zero-order valence-electron chi connectivity index (χ0n) is 11.0. The lowest BCUT2D eigenvalue weighted by molar-refractivity contribution is -0.131. The van der Waals surface area contributed by atoms with Gasteiger partial charge in [0.1, 0.15) is 5.37 Å². The van der Waals surface area contributed by atoms with Gasteiger partial charge in [-0.05, 0) is 6.54 Å². The fourth-order valence-electron chi connectivity index (χ4n) is 1.87. The van der Waals surface area contributed by atoms with Gasteiger partial charge < -0.3 is 10.2 Å². The Morgan fingerprint density at radius 2 is 2.17 bits per heavy atom. The van der Waals surface area contributed by atoms with Crippen LogP contribution in [0.25, 0.3) is 0 Å². The van der Waals surface area contributed by atoms with Gasteiger partial charge in [-0.15, -0.1) is 0 Å². The van der Waals surface area contributed by atoms with Crippen LogP contribution in [0.5, 0.6) is 0 Å².